The van der Waals surface area contributed by atoms with E-state index in [0.29, 0.717) is 11.4 Å². The van der Waals surface area contributed by atoms with Crippen LogP contribution in [0.25, 0.3) is 0 Å². The minimum Gasteiger partial charge on any atom is -0.326 e. The number of imide groups is 1. The molecule has 0 saturated carbocycles. The van der Waals surface area contributed by atoms with Crippen LogP contribution in [0.2, 0.25) is 0 Å². The molecule has 1 aromatic carbocycles. The summed E-state index contributed by atoms with van der Waals surface area (Å²) in [6.45, 7) is 2.88. The molecule has 2 heterocycles. The van der Waals surface area contributed by atoms with Gasteiger partial charge in [-0.25, -0.2) is 0 Å². The zero-order valence-electron chi connectivity index (χ0n) is 14.1. The Labute approximate surface area is 149 Å². The normalized spacial score (nSPS) is 14.0. The topological polar surface area (TPSA) is 108 Å². The van der Waals surface area contributed by atoms with Gasteiger partial charge < -0.3 is 10.6 Å². The Balaban J connectivity index is 1.72. The van der Waals surface area contributed by atoms with E-state index in [1.807, 2.05) is 0 Å². The minimum absolute atomic E-state index is 0.191. The van der Waals surface area contributed by atoms with Crippen molar-refractivity contribution in [2.75, 3.05) is 10.6 Å². The largest absolute Gasteiger partial charge is 0.326 e. The first kappa shape index (κ1) is 17.3. The Morgan fingerprint density at radius 3 is 2.12 bits per heavy atom. The van der Waals surface area contributed by atoms with Crippen LogP contribution in [0.5, 0.6) is 0 Å². The molecule has 0 radical (unpaired) electrons. The first-order chi connectivity index (χ1) is 12.4. The molecule has 0 fully saturated rings. The summed E-state index contributed by atoms with van der Waals surface area (Å²) in [7, 11) is 0. The van der Waals surface area contributed by atoms with Crippen molar-refractivity contribution in [1.29, 1.82) is 0 Å². The number of nitrogens with one attached hydrogen (secondary N) is 2. The van der Waals surface area contributed by atoms with Crippen molar-refractivity contribution in [1.82, 2.24) is 9.88 Å². The zero-order chi connectivity index (χ0) is 18.8. The number of anilines is 2. The molecule has 8 nitrogen and oxygen atoms in total. The van der Waals surface area contributed by atoms with Crippen LogP contribution in [-0.2, 0) is 9.59 Å². The van der Waals surface area contributed by atoms with Gasteiger partial charge in [0.05, 0.1) is 11.1 Å². The van der Waals surface area contributed by atoms with Crippen molar-refractivity contribution in [3.05, 3.63) is 53.9 Å². The lowest BCUT2D eigenvalue weighted by Crippen LogP contribution is -2.45. The number of hydrogen-bond donors (Lipinski definition) is 2. The smallest absolute Gasteiger partial charge is 0.263 e. The van der Waals surface area contributed by atoms with Crippen LogP contribution in [0.3, 0.4) is 0 Å². The third kappa shape index (κ3) is 3.16. The fourth-order valence-corrected chi connectivity index (χ4v) is 2.66. The van der Waals surface area contributed by atoms with E-state index in [0.717, 1.165) is 4.90 Å². The lowest BCUT2D eigenvalue weighted by molar-refractivity contribution is -0.119. The van der Waals surface area contributed by atoms with Crippen molar-refractivity contribution < 1.29 is 19.2 Å². The van der Waals surface area contributed by atoms with E-state index in [-0.39, 0.29) is 17.0 Å². The molecule has 0 bridgehead atoms. The Morgan fingerprint density at radius 1 is 0.962 bits per heavy atom. The summed E-state index contributed by atoms with van der Waals surface area (Å²) >= 11 is 0. The number of benzene rings is 1. The van der Waals surface area contributed by atoms with Crippen molar-refractivity contribution >= 4 is 35.0 Å². The Hall–Kier alpha value is -3.55. The molecule has 4 amide bonds. The van der Waals surface area contributed by atoms with Gasteiger partial charge in [-0.15, -0.1) is 0 Å². The summed E-state index contributed by atoms with van der Waals surface area (Å²) in [5.41, 5.74) is 1.51. The molecule has 2 aromatic rings. The summed E-state index contributed by atoms with van der Waals surface area (Å²) < 4.78 is 0. The van der Waals surface area contributed by atoms with Crippen LogP contribution in [0.4, 0.5) is 11.4 Å². The SMILES string of the molecule is CC(=O)Nc1ccc(NC(=O)[C@H](C)N2C(=O)c3ccncc3C2=O)cc1. The van der Waals surface area contributed by atoms with Gasteiger partial charge in [-0.2, -0.15) is 0 Å². The molecular formula is C18H16N4O4. The average Bonchev–Trinajstić information content (AvgIpc) is 2.87. The monoisotopic (exact) mass is 352 g/mol. The molecule has 2 N–H and O–H groups in total. The fourth-order valence-electron chi connectivity index (χ4n) is 2.66. The highest BCUT2D eigenvalue weighted by atomic mass is 16.2. The third-order valence-corrected chi connectivity index (χ3v) is 3.96. The van der Waals surface area contributed by atoms with Crippen LogP contribution in [0.1, 0.15) is 34.6 Å². The molecule has 0 unspecified atom stereocenters. The Bertz CT molecular complexity index is 873. The van der Waals surface area contributed by atoms with Crippen molar-refractivity contribution in [2.24, 2.45) is 0 Å². The maximum Gasteiger partial charge on any atom is 0.263 e. The van der Waals surface area contributed by atoms with Crippen molar-refractivity contribution in [3.63, 3.8) is 0 Å². The van der Waals surface area contributed by atoms with Crippen LogP contribution in [0, 0.1) is 0 Å². The van der Waals surface area contributed by atoms with E-state index in [2.05, 4.69) is 15.6 Å². The maximum atomic E-state index is 12.5. The second kappa shape index (κ2) is 6.75. The maximum absolute atomic E-state index is 12.5. The van der Waals surface area contributed by atoms with Crippen LogP contribution in [-0.4, -0.2) is 39.6 Å². The van der Waals surface area contributed by atoms with Gasteiger partial charge in [-0.05, 0) is 37.3 Å². The predicted octanol–water partition coefficient (Wildman–Crippen LogP) is 1.66. The average molecular weight is 352 g/mol. The number of rotatable bonds is 4. The summed E-state index contributed by atoms with van der Waals surface area (Å²) in [6.07, 6.45) is 2.75. The molecule has 1 aliphatic rings. The second-order valence-electron chi connectivity index (χ2n) is 5.83. The van der Waals surface area contributed by atoms with Crippen molar-refractivity contribution in [3.8, 4) is 0 Å². The predicted molar refractivity (Wildman–Crippen MR) is 93.6 cm³/mol. The van der Waals surface area contributed by atoms with Crippen molar-refractivity contribution in [2.45, 2.75) is 19.9 Å². The van der Waals surface area contributed by atoms with Gasteiger partial charge in [0.25, 0.3) is 11.8 Å². The first-order valence-electron chi connectivity index (χ1n) is 7.89. The molecule has 3 rings (SSSR count). The van der Waals surface area contributed by atoms with Gasteiger partial charge >= 0.3 is 0 Å². The van der Waals surface area contributed by atoms with Gasteiger partial charge in [0, 0.05) is 30.7 Å². The molecule has 132 valence electrons. The van der Waals surface area contributed by atoms with Gasteiger partial charge in [0.2, 0.25) is 11.8 Å². The molecule has 0 aliphatic carbocycles. The summed E-state index contributed by atoms with van der Waals surface area (Å²) in [5, 5.41) is 5.27. The minimum atomic E-state index is -0.988. The van der Waals surface area contributed by atoms with Gasteiger partial charge in [-0.1, -0.05) is 0 Å². The molecule has 8 heteroatoms. The number of pyridine rings is 1. The number of hydrogen-bond acceptors (Lipinski definition) is 5. The fraction of sp³-hybridized carbons (Fsp3) is 0.167. The lowest BCUT2D eigenvalue weighted by atomic mass is 10.2. The Kier molecular flexibility index (Phi) is 4.49. The number of aromatic nitrogens is 1. The summed E-state index contributed by atoms with van der Waals surface area (Å²) in [6, 6.07) is 6.97. The quantitative estimate of drug-likeness (QED) is 0.814. The van der Waals surface area contributed by atoms with Crippen LogP contribution in [0.15, 0.2) is 42.7 Å². The molecular weight excluding hydrogens is 336 g/mol. The number of carbonyl (C=O) groups is 4. The second-order valence-corrected chi connectivity index (χ2v) is 5.83. The standard InChI is InChI=1S/C18H16N4O4/c1-10(22-17(25)14-7-8-19-9-15(14)18(22)26)16(24)21-13-5-3-12(4-6-13)20-11(2)23/h3-10H,1-2H3,(H,20,23)(H,21,24)/t10-/m0/s1. The number of amides is 4. The van der Waals surface area contributed by atoms with Gasteiger partial charge in [0.15, 0.2) is 0 Å². The van der Waals surface area contributed by atoms with Gasteiger partial charge in [-0.3, -0.25) is 29.1 Å². The molecule has 1 aliphatic heterocycles. The Morgan fingerprint density at radius 2 is 1.54 bits per heavy atom. The molecule has 1 atom stereocenters. The molecule has 1 aromatic heterocycles. The van der Waals surface area contributed by atoms with E-state index in [9.17, 15) is 19.2 Å². The summed E-state index contributed by atoms with van der Waals surface area (Å²) in [5.74, 6) is -1.76. The van der Waals surface area contributed by atoms with E-state index in [4.69, 9.17) is 0 Å². The number of carbonyl (C=O) groups excluding carboxylic acids is 4. The highest BCUT2D eigenvalue weighted by molar-refractivity contribution is 6.23. The van der Waals surface area contributed by atoms with Gasteiger partial charge in [0.1, 0.15) is 6.04 Å². The van der Waals surface area contributed by atoms with Crippen LogP contribution >= 0.6 is 0 Å². The molecule has 0 saturated heterocycles. The van der Waals surface area contributed by atoms with E-state index in [1.54, 1.807) is 24.3 Å². The third-order valence-electron chi connectivity index (χ3n) is 3.96. The van der Waals surface area contributed by atoms with E-state index in [1.165, 1.54) is 32.3 Å². The number of nitrogens with zero attached hydrogens (tertiary/aromatic N) is 2. The highest BCUT2D eigenvalue weighted by Crippen LogP contribution is 2.24. The van der Waals surface area contributed by atoms with Crippen LogP contribution < -0.4 is 10.6 Å². The zero-order valence-corrected chi connectivity index (χ0v) is 14.1. The van der Waals surface area contributed by atoms with E-state index < -0.39 is 23.8 Å². The molecule has 26 heavy (non-hydrogen) atoms. The molecule has 0 spiro atoms. The number of fused-ring (bicyclic) bond motifs is 1. The van der Waals surface area contributed by atoms with E-state index >= 15 is 0 Å². The highest BCUT2D eigenvalue weighted by Gasteiger charge is 2.40. The lowest BCUT2D eigenvalue weighted by Gasteiger charge is -2.21. The summed E-state index contributed by atoms with van der Waals surface area (Å²) in [4.78, 5) is 53.1. The first-order valence-corrected chi connectivity index (χ1v) is 7.89.